The van der Waals surface area contributed by atoms with Crippen molar-refractivity contribution >= 4 is 21.8 Å². The van der Waals surface area contributed by atoms with Crippen molar-refractivity contribution in [3.63, 3.8) is 0 Å². The van der Waals surface area contributed by atoms with E-state index in [1.54, 1.807) is 12.1 Å². The van der Waals surface area contributed by atoms with Crippen LogP contribution >= 0.6 is 15.9 Å². The lowest BCUT2D eigenvalue weighted by Gasteiger charge is -2.38. The Morgan fingerprint density at radius 3 is 2.57 bits per heavy atom. The van der Waals surface area contributed by atoms with Gasteiger partial charge in [0.05, 0.1) is 17.5 Å². The molecule has 0 spiro atoms. The highest BCUT2D eigenvalue weighted by atomic mass is 79.9. The van der Waals surface area contributed by atoms with Gasteiger partial charge in [-0.25, -0.2) is 4.39 Å². The Morgan fingerprint density at radius 1 is 1.21 bits per heavy atom. The van der Waals surface area contributed by atoms with Crippen LogP contribution in [0.2, 0.25) is 0 Å². The first-order valence-corrected chi connectivity index (χ1v) is 10.3. The van der Waals surface area contributed by atoms with E-state index in [4.69, 9.17) is 9.47 Å². The van der Waals surface area contributed by atoms with Gasteiger partial charge in [-0.15, -0.1) is 0 Å². The Morgan fingerprint density at radius 2 is 1.93 bits per heavy atom. The van der Waals surface area contributed by atoms with E-state index in [1.165, 1.54) is 11.6 Å². The number of benzene rings is 2. The van der Waals surface area contributed by atoms with E-state index in [0.29, 0.717) is 30.8 Å². The lowest BCUT2D eigenvalue weighted by molar-refractivity contribution is -0.121. The molecule has 0 aliphatic carbocycles. The van der Waals surface area contributed by atoms with Gasteiger partial charge in [-0.3, -0.25) is 4.79 Å². The van der Waals surface area contributed by atoms with Crippen molar-refractivity contribution < 1.29 is 18.7 Å². The molecule has 2 aromatic carbocycles. The molecule has 6 heteroatoms. The summed E-state index contributed by atoms with van der Waals surface area (Å²) in [4.78, 5) is 12.5. The van der Waals surface area contributed by atoms with Gasteiger partial charge in [0.2, 0.25) is 5.91 Å². The maximum Gasteiger partial charge on any atom is 0.224 e. The van der Waals surface area contributed by atoms with Gasteiger partial charge in [0, 0.05) is 25.2 Å². The zero-order chi connectivity index (χ0) is 20.0. The van der Waals surface area contributed by atoms with Crippen LogP contribution in [0.25, 0.3) is 0 Å². The molecule has 1 amide bonds. The summed E-state index contributed by atoms with van der Waals surface area (Å²) in [6.45, 7) is 4.49. The highest BCUT2D eigenvalue weighted by molar-refractivity contribution is 9.10. The minimum absolute atomic E-state index is 0.0738. The molecule has 28 heavy (non-hydrogen) atoms. The predicted octanol–water partition coefficient (Wildman–Crippen LogP) is 4.39. The number of rotatable bonds is 7. The zero-order valence-corrected chi connectivity index (χ0v) is 17.6. The summed E-state index contributed by atoms with van der Waals surface area (Å²) < 4.78 is 24.8. The summed E-state index contributed by atoms with van der Waals surface area (Å²) in [7, 11) is 0. The van der Waals surface area contributed by atoms with E-state index >= 15 is 0 Å². The summed E-state index contributed by atoms with van der Waals surface area (Å²) in [6, 6.07) is 12.8. The smallest absolute Gasteiger partial charge is 0.224 e. The van der Waals surface area contributed by atoms with Gasteiger partial charge in [0.1, 0.15) is 11.6 Å². The summed E-state index contributed by atoms with van der Waals surface area (Å²) in [5.74, 6) is 0.440. The molecule has 0 bridgehead atoms. The molecule has 3 rings (SSSR count). The third kappa shape index (κ3) is 5.11. The fraction of sp³-hybridized carbons (Fsp3) is 0.409. The van der Waals surface area contributed by atoms with Crippen molar-refractivity contribution in [2.24, 2.45) is 0 Å². The minimum Gasteiger partial charge on any atom is -0.494 e. The molecule has 0 radical (unpaired) electrons. The lowest BCUT2D eigenvalue weighted by Crippen LogP contribution is -2.45. The van der Waals surface area contributed by atoms with E-state index in [-0.39, 0.29) is 23.6 Å². The summed E-state index contributed by atoms with van der Waals surface area (Å²) in [5, 5.41) is 3.08. The van der Waals surface area contributed by atoms with Crippen LogP contribution in [0.4, 0.5) is 4.39 Å². The minimum atomic E-state index is -0.333. The van der Waals surface area contributed by atoms with Crippen molar-refractivity contribution in [1.29, 1.82) is 0 Å². The molecule has 1 heterocycles. The highest BCUT2D eigenvalue weighted by Crippen LogP contribution is 2.35. The third-order valence-electron chi connectivity index (χ3n) is 5.20. The van der Waals surface area contributed by atoms with Crippen molar-refractivity contribution in [3.8, 4) is 5.75 Å². The summed E-state index contributed by atoms with van der Waals surface area (Å²) in [6.07, 6.45) is 1.92. The van der Waals surface area contributed by atoms with Gasteiger partial charge in [-0.05, 0) is 71.1 Å². The van der Waals surface area contributed by atoms with Gasteiger partial charge >= 0.3 is 0 Å². The number of hydrogen-bond acceptors (Lipinski definition) is 3. The molecule has 0 aromatic heterocycles. The first-order chi connectivity index (χ1) is 13.5. The Labute approximate surface area is 173 Å². The SMILES string of the molecule is CCOc1ccc(C2(CNC(=O)Cc3ccc(F)c(Br)c3)CCOCC2)cc1. The van der Waals surface area contributed by atoms with Gasteiger partial charge in [-0.1, -0.05) is 18.2 Å². The second-order valence-electron chi connectivity index (χ2n) is 7.05. The fourth-order valence-electron chi connectivity index (χ4n) is 3.57. The monoisotopic (exact) mass is 449 g/mol. The van der Waals surface area contributed by atoms with Crippen molar-refractivity contribution in [3.05, 3.63) is 63.9 Å². The Balaban J connectivity index is 1.68. The van der Waals surface area contributed by atoms with E-state index in [2.05, 4.69) is 33.4 Å². The lowest BCUT2D eigenvalue weighted by atomic mass is 9.74. The molecular formula is C22H25BrFNO3. The second-order valence-corrected chi connectivity index (χ2v) is 7.91. The average Bonchev–Trinajstić information content (AvgIpc) is 2.71. The zero-order valence-electron chi connectivity index (χ0n) is 16.0. The molecule has 0 unspecified atom stereocenters. The van der Waals surface area contributed by atoms with Gasteiger partial charge in [-0.2, -0.15) is 0 Å². The van der Waals surface area contributed by atoms with Crippen LogP contribution in [0.3, 0.4) is 0 Å². The Bertz CT molecular complexity index is 804. The number of halogens is 2. The van der Waals surface area contributed by atoms with E-state index in [1.807, 2.05) is 19.1 Å². The molecule has 1 saturated heterocycles. The molecule has 1 fully saturated rings. The molecule has 1 aliphatic rings. The predicted molar refractivity (Wildman–Crippen MR) is 110 cm³/mol. The van der Waals surface area contributed by atoms with Crippen molar-refractivity contribution in [2.75, 3.05) is 26.4 Å². The number of hydrogen-bond donors (Lipinski definition) is 1. The Hall–Kier alpha value is -1.92. The standard InChI is InChI=1S/C22H25BrFNO3/c1-2-28-18-6-4-17(5-7-18)22(9-11-27-12-10-22)15-25-21(26)14-16-3-8-20(24)19(23)13-16/h3-8,13H,2,9-12,14-15H2,1H3,(H,25,26). The summed E-state index contributed by atoms with van der Waals surface area (Å²) in [5.41, 5.74) is 1.80. The van der Waals surface area contributed by atoms with E-state index in [0.717, 1.165) is 24.2 Å². The molecular weight excluding hydrogens is 425 g/mol. The Kier molecular flexibility index (Phi) is 7.08. The van der Waals surface area contributed by atoms with Gasteiger partial charge in [0.15, 0.2) is 0 Å². The van der Waals surface area contributed by atoms with Crippen LogP contribution in [0, 0.1) is 5.82 Å². The maximum atomic E-state index is 13.4. The van der Waals surface area contributed by atoms with Crippen molar-refractivity contribution in [1.82, 2.24) is 5.32 Å². The quantitative estimate of drug-likeness (QED) is 0.681. The van der Waals surface area contributed by atoms with Crippen LogP contribution in [0.15, 0.2) is 46.9 Å². The number of nitrogens with one attached hydrogen (secondary N) is 1. The number of amides is 1. The van der Waals surface area contributed by atoms with Gasteiger partial charge < -0.3 is 14.8 Å². The van der Waals surface area contributed by atoms with Crippen LogP contribution in [-0.2, 0) is 21.4 Å². The topological polar surface area (TPSA) is 47.6 Å². The van der Waals surface area contributed by atoms with Crippen LogP contribution < -0.4 is 10.1 Å². The van der Waals surface area contributed by atoms with E-state index in [9.17, 15) is 9.18 Å². The second kappa shape index (κ2) is 9.52. The molecule has 1 aliphatic heterocycles. The maximum absolute atomic E-state index is 13.4. The highest BCUT2D eigenvalue weighted by Gasteiger charge is 2.34. The summed E-state index contributed by atoms with van der Waals surface area (Å²) >= 11 is 3.16. The molecule has 2 aromatic rings. The number of carbonyl (C=O) groups is 1. The van der Waals surface area contributed by atoms with Crippen molar-refractivity contribution in [2.45, 2.75) is 31.6 Å². The number of carbonyl (C=O) groups excluding carboxylic acids is 1. The largest absolute Gasteiger partial charge is 0.494 e. The molecule has 0 saturated carbocycles. The molecule has 150 valence electrons. The van der Waals surface area contributed by atoms with E-state index < -0.39 is 0 Å². The first kappa shape index (κ1) is 20.8. The molecule has 4 nitrogen and oxygen atoms in total. The fourth-order valence-corrected chi connectivity index (χ4v) is 3.99. The van der Waals surface area contributed by atoms with Crippen LogP contribution in [0.1, 0.15) is 30.9 Å². The van der Waals surface area contributed by atoms with Gasteiger partial charge in [0.25, 0.3) is 0 Å². The molecule has 0 atom stereocenters. The first-order valence-electron chi connectivity index (χ1n) is 9.54. The normalized spacial score (nSPS) is 15.8. The van der Waals surface area contributed by atoms with Crippen LogP contribution in [0.5, 0.6) is 5.75 Å². The molecule has 1 N–H and O–H groups in total. The van der Waals surface area contributed by atoms with Crippen LogP contribution in [-0.4, -0.2) is 32.3 Å². The number of ether oxygens (including phenoxy) is 2. The third-order valence-corrected chi connectivity index (χ3v) is 5.81. The average molecular weight is 450 g/mol.